The number of pyridine rings is 1. The monoisotopic (exact) mass is 443 g/mol. The number of carbonyl (C=O) groups is 1. The van der Waals surface area contributed by atoms with Crippen LogP contribution in [0, 0.1) is 37.5 Å². The van der Waals surface area contributed by atoms with Crippen LogP contribution in [0.4, 0.5) is 13.2 Å². The minimum Gasteiger partial charge on any atom is -0.511 e. The summed E-state index contributed by atoms with van der Waals surface area (Å²) in [5, 5.41) is 11.1. The lowest BCUT2D eigenvalue weighted by atomic mass is 9.59. The summed E-state index contributed by atoms with van der Waals surface area (Å²) in [5.41, 5.74) is 1.87. The fourth-order valence-electron chi connectivity index (χ4n) is 6.04. The normalized spacial score (nSPS) is 27.1. The molecular weight excluding hydrogens is 419 g/mol. The molecule has 0 aliphatic heterocycles. The first-order chi connectivity index (χ1) is 15.1. The van der Waals surface area contributed by atoms with E-state index >= 15 is 0 Å². The molecule has 1 heterocycles. The number of ketones is 1. The van der Waals surface area contributed by atoms with E-state index in [4.69, 9.17) is 4.74 Å². The number of aliphatic hydroxyl groups excluding tert-OH is 1. The van der Waals surface area contributed by atoms with Crippen LogP contribution in [0.3, 0.4) is 0 Å². The maximum atomic E-state index is 13.4. The van der Waals surface area contributed by atoms with Crippen LogP contribution < -0.4 is 4.74 Å². The second-order valence-corrected chi connectivity index (χ2v) is 9.27. The van der Waals surface area contributed by atoms with Crippen LogP contribution in [-0.4, -0.2) is 15.9 Å². The van der Waals surface area contributed by atoms with Gasteiger partial charge in [-0.3, -0.25) is 4.79 Å². The van der Waals surface area contributed by atoms with Gasteiger partial charge in [-0.25, -0.2) is 4.98 Å². The predicted octanol–water partition coefficient (Wildman–Crippen LogP) is 6.41. The van der Waals surface area contributed by atoms with E-state index in [0.29, 0.717) is 23.2 Å². The number of aryl methyl sites for hydroxylation is 2. The van der Waals surface area contributed by atoms with Gasteiger partial charge in [-0.05, 0) is 86.3 Å². The lowest BCUT2D eigenvalue weighted by Gasteiger charge is -2.44. The Morgan fingerprint density at radius 1 is 1.00 bits per heavy atom. The number of carbonyl (C=O) groups excluding carboxylic acids is 1. The Bertz CT molecular complexity index is 1090. The number of aliphatic hydroxyl groups is 1. The van der Waals surface area contributed by atoms with Gasteiger partial charge in [0.25, 0.3) is 0 Å². The van der Waals surface area contributed by atoms with Crippen molar-refractivity contribution < 1.29 is 27.8 Å². The van der Waals surface area contributed by atoms with Crippen LogP contribution in [-0.2, 0) is 11.0 Å². The van der Waals surface area contributed by atoms with Crippen molar-refractivity contribution in [1.29, 1.82) is 0 Å². The number of Topliss-reactive ketones (excluding diaryl/α,β-unsaturated/α-hetero) is 1. The molecule has 7 heteroatoms. The number of halogens is 3. The van der Waals surface area contributed by atoms with Crippen molar-refractivity contribution in [2.24, 2.45) is 23.7 Å². The number of fused-ring (bicyclic) bond motifs is 2. The summed E-state index contributed by atoms with van der Waals surface area (Å²) in [6, 6.07) is 5.56. The van der Waals surface area contributed by atoms with Crippen molar-refractivity contribution >= 4 is 11.4 Å². The average molecular weight is 443 g/mol. The topological polar surface area (TPSA) is 59.4 Å². The highest BCUT2D eigenvalue weighted by molar-refractivity contribution is 6.25. The molecule has 3 saturated carbocycles. The zero-order valence-electron chi connectivity index (χ0n) is 17.9. The van der Waals surface area contributed by atoms with Crippen molar-refractivity contribution in [1.82, 2.24) is 4.98 Å². The molecule has 2 aromatic rings. The molecule has 1 aromatic heterocycles. The van der Waals surface area contributed by atoms with E-state index in [1.807, 2.05) is 13.8 Å². The molecule has 4 aliphatic rings. The van der Waals surface area contributed by atoms with Gasteiger partial charge in [-0.2, -0.15) is 13.2 Å². The van der Waals surface area contributed by atoms with E-state index in [2.05, 4.69) is 4.98 Å². The number of nitrogens with zero attached hydrogens (tertiary/aromatic N) is 1. The number of hydrogen-bond acceptors (Lipinski definition) is 4. The largest absolute Gasteiger partial charge is 0.511 e. The van der Waals surface area contributed by atoms with E-state index in [9.17, 15) is 23.1 Å². The van der Waals surface area contributed by atoms with Crippen LogP contribution in [0.2, 0.25) is 0 Å². The Labute approximate surface area is 184 Å². The molecule has 1 aromatic carbocycles. The Hall–Kier alpha value is -2.83. The molecule has 2 unspecified atom stereocenters. The first-order valence-electron chi connectivity index (χ1n) is 10.9. The number of ether oxygens (including phenoxy) is 1. The van der Waals surface area contributed by atoms with Gasteiger partial charge in [0.05, 0.1) is 11.1 Å². The van der Waals surface area contributed by atoms with Crippen molar-refractivity contribution in [3.63, 3.8) is 0 Å². The second-order valence-electron chi connectivity index (χ2n) is 9.27. The smallest absolute Gasteiger partial charge is 0.417 e. The lowest BCUT2D eigenvalue weighted by Crippen LogP contribution is -2.41. The summed E-state index contributed by atoms with van der Waals surface area (Å²) in [4.78, 5) is 17.1. The molecule has 168 valence electrons. The van der Waals surface area contributed by atoms with E-state index in [0.717, 1.165) is 54.6 Å². The fraction of sp³-hybridized carbons (Fsp3) is 0.440. The summed E-state index contributed by atoms with van der Waals surface area (Å²) in [6.45, 7) is 3.69. The maximum Gasteiger partial charge on any atom is 0.417 e. The summed E-state index contributed by atoms with van der Waals surface area (Å²) in [7, 11) is 0. The molecule has 0 spiro atoms. The van der Waals surface area contributed by atoms with Crippen LogP contribution in [0.5, 0.6) is 11.6 Å². The molecule has 0 saturated heterocycles. The Morgan fingerprint density at radius 3 is 2.09 bits per heavy atom. The third-order valence-corrected chi connectivity index (χ3v) is 7.38. The van der Waals surface area contributed by atoms with Crippen molar-refractivity contribution in [3.05, 3.63) is 58.5 Å². The number of allylic oxidation sites excluding steroid dienone is 2. The van der Waals surface area contributed by atoms with Crippen molar-refractivity contribution in [3.8, 4) is 11.6 Å². The SMILES string of the molecule is Cc1cc(Oc2ccc(C(F)(F)F)cn2)cc(C)c1C1=C(O)C2C3CCC(CC3)C2C1=O. The third-order valence-electron chi connectivity index (χ3n) is 7.38. The highest BCUT2D eigenvalue weighted by Crippen LogP contribution is 2.57. The van der Waals surface area contributed by atoms with Gasteiger partial charge in [-0.15, -0.1) is 0 Å². The third kappa shape index (κ3) is 3.29. The van der Waals surface area contributed by atoms with Gasteiger partial charge in [0.2, 0.25) is 5.88 Å². The first-order valence-corrected chi connectivity index (χ1v) is 10.9. The standard InChI is InChI=1S/C25H24F3NO3/c1-12-9-17(32-18-8-7-16(11-29-18)25(26,27)28)10-13(2)19(12)22-23(30)20-14-3-4-15(6-5-14)21(20)24(22)31/h7-11,14-15,20-21,30H,3-6H2,1-2H3. The van der Waals surface area contributed by atoms with Crippen molar-refractivity contribution in [2.75, 3.05) is 0 Å². The summed E-state index contributed by atoms with van der Waals surface area (Å²) < 4.78 is 43.9. The van der Waals surface area contributed by atoms with E-state index < -0.39 is 11.7 Å². The molecule has 32 heavy (non-hydrogen) atoms. The highest BCUT2D eigenvalue weighted by Gasteiger charge is 2.54. The van der Waals surface area contributed by atoms with Crippen LogP contribution in [0.25, 0.3) is 5.57 Å². The summed E-state index contributed by atoms with van der Waals surface area (Å²) in [6.07, 6.45) is 0.536. The number of aromatic nitrogens is 1. The van der Waals surface area contributed by atoms with Gasteiger partial charge in [0, 0.05) is 24.1 Å². The van der Waals surface area contributed by atoms with Crippen LogP contribution >= 0.6 is 0 Å². The van der Waals surface area contributed by atoms with Gasteiger partial charge >= 0.3 is 6.18 Å². The number of hydrogen-bond donors (Lipinski definition) is 1. The van der Waals surface area contributed by atoms with Crippen molar-refractivity contribution in [2.45, 2.75) is 45.7 Å². The van der Waals surface area contributed by atoms with Gasteiger partial charge in [0.15, 0.2) is 5.78 Å². The second kappa shape index (κ2) is 7.36. The lowest BCUT2D eigenvalue weighted by molar-refractivity contribution is -0.137. The van der Waals surface area contributed by atoms with E-state index in [1.54, 1.807) is 12.1 Å². The molecule has 2 atom stereocenters. The van der Waals surface area contributed by atoms with Crippen LogP contribution in [0.1, 0.15) is 47.9 Å². The summed E-state index contributed by atoms with van der Waals surface area (Å²) in [5.74, 6) is 1.31. The number of rotatable bonds is 3. The molecule has 3 fully saturated rings. The minimum absolute atomic E-state index is 0.0474. The first kappa shape index (κ1) is 21.0. The quantitative estimate of drug-likeness (QED) is 0.595. The fourth-order valence-corrected chi connectivity index (χ4v) is 6.04. The zero-order chi connectivity index (χ0) is 22.8. The minimum atomic E-state index is -4.46. The Balaban J connectivity index is 1.45. The number of alkyl halides is 3. The van der Waals surface area contributed by atoms with E-state index in [-0.39, 0.29) is 29.3 Å². The summed E-state index contributed by atoms with van der Waals surface area (Å²) >= 11 is 0. The zero-order valence-corrected chi connectivity index (χ0v) is 17.9. The number of benzene rings is 1. The van der Waals surface area contributed by atoms with Gasteiger partial charge in [-0.1, -0.05) is 0 Å². The van der Waals surface area contributed by atoms with Gasteiger partial charge in [0.1, 0.15) is 11.5 Å². The average Bonchev–Trinajstić information content (AvgIpc) is 3.01. The molecule has 0 radical (unpaired) electrons. The van der Waals surface area contributed by atoms with Crippen LogP contribution in [0.15, 0.2) is 36.2 Å². The molecule has 4 aliphatic carbocycles. The molecule has 1 N–H and O–H groups in total. The molecule has 0 amide bonds. The highest BCUT2D eigenvalue weighted by atomic mass is 19.4. The molecule has 4 nitrogen and oxygen atoms in total. The predicted molar refractivity (Wildman–Crippen MR) is 112 cm³/mol. The Morgan fingerprint density at radius 2 is 1.59 bits per heavy atom. The van der Waals surface area contributed by atoms with E-state index in [1.165, 1.54) is 6.07 Å². The maximum absolute atomic E-state index is 13.4. The molecule has 2 bridgehead atoms. The molecule has 6 rings (SSSR count). The Kier molecular flexibility index (Phi) is 4.84. The molecular formula is C25H24F3NO3. The van der Waals surface area contributed by atoms with Gasteiger partial charge < -0.3 is 9.84 Å².